The third-order valence-corrected chi connectivity index (χ3v) is 3.95. The molecule has 0 amide bonds. The number of aliphatic imine (C=N–C) groups is 2. The zero-order valence-electron chi connectivity index (χ0n) is 12.7. The second-order valence-corrected chi connectivity index (χ2v) is 5.49. The number of para-hydroxylation sites is 1. The summed E-state index contributed by atoms with van der Waals surface area (Å²) in [5, 5.41) is 0. The molecular weight excluding hydrogens is 280 g/mol. The molecule has 0 atom stereocenters. The summed E-state index contributed by atoms with van der Waals surface area (Å²) in [7, 11) is 0. The van der Waals surface area contributed by atoms with Gasteiger partial charge in [-0.1, -0.05) is 78.9 Å². The molecule has 1 aliphatic heterocycles. The SMILES string of the molecule is c1ccc(C2=NCc3ccccc3N=C2c2ccccc2)cc1. The molecule has 0 bridgehead atoms. The summed E-state index contributed by atoms with van der Waals surface area (Å²) in [6.07, 6.45) is 0. The van der Waals surface area contributed by atoms with E-state index in [0.29, 0.717) is 6.54 Å². The van der Waals surface area contributed by atoms with Gasteiger partial charge in [-0.3, -0.25) is 4.99 Å². The van der Waals surface area contributed by atoms with Crippen molar-refractivity contribution in [1.29, 1.82) is 0 Å². The Morgan fingerprint density at radius 1 is 0.565 bits per heavy atom. The number of rotatable bonds is 2. The van der Waals surface area contributed by atoms with Crippen LogP contribution in [0.1, 0.15) is 16.7 Å². The van der Waals surface area contributed by atoms with Crippen molar-refractivity contribution in [2.45, 2.75) is 6.54 Å². The monoisotopic (exact) mass is 296 g/mol. The van der Waals surface area contributed by atoms with Gasteiger partial charge in [-0.2, -0.15) is 0 Å². The first-order valence-corrected chi connectivity index (χ1v) is 7.74. The van der Waals surface area contributed by atoms with Crippen molar-refractivity contribution in [2.24, 2.45) is 9.98 Å². The fourth-order valence-corrected chi connectivity index (χ4v) is 2.79. The molecule has 0 saturated carbocycles. The van der Waals surface area contributed by atoms with Crippen LogP contribution in [-0.4, -0.2) is 11.4 Å². The second-order valence-electron chi connectivity index (χ2n) is 5.49. The van der Waals surface area contributed by atoms with Gasteiger partial charge in [0.1, 0.15) is 0 Å². The predicted molar refractivity (Wildman–Crippen MR) is 95.8 cm³/mol. The van der Waals surface area contributed by atoms with Crippen molar-refractivity contribution in [3.63, 3.8) is 0 Å². The van der Waals surface area contributed by atoms with E-state index in [0.717, 1.165) is 33.8 Å². The Kier molecular flexibility index (Phi) is 3.57. The zero-order valence-corrected chi connectivity index (χ0v) is 12.7. The average Bonchev–Trinajstić information content (AvgIpc) is 2.83. The highest BCUT2D eigenvalue weighted by Gasteiger charge is 2.17. The van der Waals surface area contributed by atoms with Crippen LogP contribution in [0.25, 0.3) is 0 Å². The van der Waals surface area contributed by atoms with E-state index in [1.165, 1.54) is 0 Å². The molecule has 110 valence electrons. The summed E-state index contributed by atoms with van der Waals surface area (Å²) in [6, 6.07) is 28.8. The van der Waals surface area contributed by atoms with E-state index in [4.69, 9.17) is 9.98 Å². The third kappa shape index (κ3) is 2.71. The Balaban J connectivity index is 1.93. The maximum Gasteiger partial charge on any atom is 0.0967 e. The van der Waals surface area contributed by atoms with Gasteiger partial charge in [0.25, 0.3) is 0 Å². The molecule has 2 nitrogen and oxygen atoms in total. The van der Waals surface area contributed by atoms with Crippen molar-refractivity contribution in [3.05, 3.63) is 102 Å². The number of benzene rings is 3. The van der Waals surface area contributed by atoms with E-state index >= 15 is 0 Å². The topological polar surface area (TPSA) is 24.7 Å². The normalized spacial score (nSPS) is 13.6. The fraction of sp³-hybridized carbons (Fsp3) is 0.0476. The van der Waals surface area contributed by atoms with Crippen molar-refractivity contribution < 1.29 is 0 Å². The first kappa shape index (κ1) is 13.6. The Hall–Kier alpha value is -3.00. The van der Waals surface area contributed by atoms with Crippen molar-refractivity contribution in [2.75, 3.05) is 0 Å². The van der Waals surface area contributed by atoms with Crippen LogP contribution in [0.3, 0.4) is 0 Å². The Morgan fingerprint density at radius 2 is 1.13 bits per heavy atom. The number of fused-ring (bicyclic) bond motifs is 1. The molecule has 1 aliphatic rings. The van der Waals surface area contributed by atoms with Crippen LogP contribution >= 0.6 is 0 Å². The van der Waals surface area contributed by atoms with Gasteiger partial charge in [0.2, 0.25) is 0 Å². The van der Waals surface area contributed by atoms with Crippen LogP contribution in [0.15, 0.2) is 94.9 Å². The number of nitrogens with zero attached hydrogens (tertiary/aromatic N) is 2. The van der Waals surface area contributed by atoms with Gasteiger partial charge in [0.15, 0.2) is 0 Å². The molecule has 0 saturated heterocycles. The van der Waals surface area contributed by atoms with Gasteiger partial charge in [-0.25, -0.2) is 4.99 Å². The Morgan fingerprint density at radius 3 is 1.83 bits per heavy atom. The molecule has 4 rings (SSSR count). The van der Waals surface area contributed by atoms with Gasteiger partial charge in [-0.15, -0.1) is 0 Å². The van der Waals surface area contributed by atoms with Gasteiger partial charge in [0.05, 0.1) is 23.7 Å². The standard InChI is InChI=1S/C21H16N2/c1-3-9-16(10-4-1)20-21(17-11-5-2-6-12-17)23-19-14-8-7-13-18(19)15-22-20/h1-14H,15H2. The largest absolute Gasteiger partial charge is 0.278 e. The zero-order chi connectivity index (χ0) is 15.5. The second kappa shape index (κ2) is 6.01. The summed E-state index contributed by atoms with van der Waals surface area (Å²) in [5.41, 5.74) is 6.23. The summed E-state index contributed by atoms with van der Waals surface area (Å²) in [6.45, 7) is 0.653. The average molecular weight is 296 g/mol. The van der Waals surface area contributed by atoms with Gasteiger partial charge in [0, 0.05) is 11.1 Å². The van der Waals surface area contributed by atoms with Crippen LogP contribution in [-0.2, 0) is 6.54 Å². The Bertz CT molecular complexity index is 878. The minimum Gasteiger partial charge on any atom is -0.278 e. The highest BCUT2D eigenvalue weighted by atomic mass is 14.9. The van der Waals surface area contributed by atoms with E-state index in [1.54, 1.807) is 0 Å². The summed E-state index contributed by atoms with van der Waals surface area (Å²) >= 11 is 0. The lowest BCUT2D eigenvalue weighted by molar-refractivity contribution is 1.08. The van der Waals surface area contributed by atoms with Crippen molar-refractivity contribution >= 4 is 17.1 Å². The molecular formula is C21H16N2. The molecule has 0 aromatic heterocycles. The van der Waals surface area contributed by atoms with Crippen LogP contribution in [0, 0.1) is 0 Å². The first-order valence-electron chi connectivity index (χ1n) is 7.74. The predicted octanol–water partition coefficient (Wildman–Crippen LogP) is 4.81. The molecule has 0 spiro atoms. The lowest BCUT2D eigenvalue weighted by atomic mass is 9.99. The van der Waals surface area contributed by atoms with Crippen LogP contribution < -0.4 is 0 Å². The van der Waals surface area contributed by atoms with E-state index in [9.17, 15) is 0 Å². The summed E-state index contributed by atoms with van der Waals surface area (Å²) in [4.78, 5) is 9.83. The quantitative estimate of drug-likeness (QED) is 0.648. The molecule has 0 aliphatic carbocycles. The molecule has 0 radical (unpaired) electrons. The highest BCUT2D eigenvalue weighted by molar-refractivity contribution is 6.54. The molecule has 0 unspecified atom stereocenters. The lowest BCUT2D eigenvalue weighted by Crippen LogP contribution is -2.16. The van der Waals surface area contributed by atoms with E-state index in [-0.39, 0.29) is 0 Å². The minimum absolute atomic E-state index is 0.653. The third-order valence-electron chi connectivity index (χ3n) is 3.95. The number of hydrogen-bond donors (Lipinski definition) is 0. The van der Waals surface area contributed by atoms with Crippen LogP contribution in [0.2, 0.25) is 0 Å². The number of hydrogen-bond acceptors (Lipinski definition) is 2. The Labute approximate surface area is 135 Å². The minimum atomic E-state index is 0.653. The summed E-state index contributed by atoms with van der Waals surface area (Å²) in [5.74, 6) is 0. The van der Waals surface area contributed by atoms with Gasteiger partial charge < -0.3 is 0 Å². The van der Waals surface area contributed by atoms with Crippen LogP contribution in [0.4, 0.5) is 5.69 Å². The summed E-state index contributed by atoms with van der Waals surface area (Å²) < 4.78 is 0. The maximum atomic E-state index is 4.95. The molecule has 2 heteroatoms. The molecule has 23 heavy (non-hydrogen) atoms. The van der Waals surface area contributed by atoms with E-state index in [1.807, 2.05) is 48.5 Å². The first-order chi connectivity index (χ1) is 11.4. The molecule has 3 aromatic rings. The van der Waals surface area contributed by atoms with Gasteiger partial charge >= 0.3 is 0 Å². The molecule has 1 heterocycles. The van der Waals surface area contributed by atoms with Crippen LogP contribution in [0.5, 0.6) is 0 Å². The van der Waals surface area contributed by atoms with E-state index in [2.05, 4.69) is 36.4 Å². The smallest absolute Gasteiger partial charge is 0.0967 e. The maximum absolute atomic E-state index is 4.95. The van der Waals surface area contributed by atoms with Crippen molar-refractivity contribution in [3.8, 4) is 0 Å². The van der Waals surface area contributed by atoms with Crippen molar-refractivity contribution in [1.82, 2.24) is 0 Å². The molecule has 0 N–H and O–H groups in total. The highest BCUT2D eigenvalue weighted by Crippen LogP contribution is 2.25. The van der Waals surface area contributed by atoms with Gasteiger partial charge in [-0.05, 0) is 11.6 Å². The molecule has 3 aromatic carbocycles. The fourth-order valence-electron chi connectivity index (χ4n) is 2.79. The van der Waals surface area contributed by atoms with E-state index < -0.39 is 0 Å². The lowest BCUT2D eigenvalue weighted by Gasteiger charge is -2.09. The molecule has 0 fully saturated rings.